The number of carbonyl (C=O) groups is 1. The first-order valence-electron chi connectivity index (χ1n) is 4.44. The number of nitro benzene ring substituents is 1. The summed E-state index contributed by atoms with van der Waals surface area (Å²) in [6, 6.07) is 6.07. The molecule has 0 fully saturated rings. The molecular formula is C10H10N2O4. The smallest absolute Gasteiger partial charge is 0.348 e. The fourth-order valence-corrected chi connectivity index (χ4v) is 1.05. The highest BCUT2D eigenvalue weighted by Gasteiger charge is 2.04. The molecule has 84 valence electrons. The van der Waals surface area contributed by atoms with Crippen LogP contribution in [0.2, 0.25) is 0 Å². The van der Waals surface area contributed by atoms with Crippen molar-refractivity contribution in [1.82, 2.24) is 0 Å². The first-order chi connectivity index (χ1) is 7.63. The zero-order valence-electron chi connectivity index (χ0n) is 8.62. The molecule has 0 aliphatic rings. The summed E-state index contributed by atoms with van der Waals surface area (Å²) in [7, 11) is 1.25. The predicted octanol–water partition coefficient (Wildman–Crippen LogP) is 1.34. The van der Waals surface area contributed by atoms with Gasteiger partial charge in [-0.15, -0.1) is 0 Å². The molecule has 0 saturated heterocycles. The fourth-order valence-electron chi connectivity index (χ4n) is 1.05. The summed E-state index contributed by atoms with van der Waals surface area (Å²) >= 11 is 0. The molecule has 0 spiro atoms. The van der Waals surface area contributed by atoms with Crippen LogP contribution in [0, 0.1) is 10.1 Å². The van der Waals surface area contributed by atoms with Gasteiger partial charge in [-0.25, -0.2) is 4.79 Å². The number of nitro groups is 1. The van der Waals surface area contributed by atoms with Crippen LogP contribution >= 0.6 is 0 Å². The van der Waals surface area contributed by atoms with Crippen LogP contribution in [-0.4, -0.2) is 24.2 Å². The summed E-state index contributed by atoms with van der Waals surface area (Å²) in [5.41, 5.74) is 0.667. The number of nitrogens with zero attached hydrogens (tertiary/aromatic N) is 2. The van der Waals surface area contributed by atoms with E-state index in [1.54, 1.807) is 12.1 Å². The van der Waals surface area contributed by atoms with Crippen LogP contribution in [-0.2, 0) is 16.1 Å². The molecule has 1 aromatic rings. The van der Waals surface area contributed by atoms with Gasteiger partial charge in [-0.1, -0.05) is 12.1 Å². The first kappa shape index (κ1) is 11.8. The number of carbonyl (C=O) groups excluding carboxylic acids is 1. The molecule has 0 atom stereocenters. The van der Waals surface area contributed by atoms with Crippen molar-refractivity contribution in [2.24, 2.45) is 4.99 Å². The molecule has 0 unspecified atom stereocenters. The van der Waals surface area contributed by atoms with Gasteiger partial charge in [0, 0.05) is 12.1 Å². The molecule has 0 aliphatic heterocycles. The maximum atomic E-state index is 10.7. The largest absolute Gasteiger partial charge is 0.465 e. The lowest BCUT2D eigenvalue weighted by Gasteiger charge is -1.96. The summed E-state index contributed by atoms with van der Waals surface area (Å²) in [6.07, 6.45) is 1.04. The summed E-state index contributed by atoms with van der Waals surface area (Å²) in [5, 5.41) is 10.5. The molecule has 0 bridgehead atoms. The van der Waals surface area contributed by atoms with Gasteiger partial charge in [0.15, 0.2) is 0 Å². The van der Waals surface area contributed by atoms with Crippen LogP contribution in [0.4, 0.5) is 5.69 Å². The lowest BCUT2D eigenvalue weighted by molar-refractivity contribution is -0.384. The molecule has 0 aromatic heterocycles. The van der Waals surface area contributed by atoms with E-state index in [1.165, 1.54) is 19.2 Å². The lowest BCUT2D eigenvalue weighted by atomic mass is 10.2. The van der Waals surface area contributed by atoms with Gasteiger partial charge in [0.25, 0.3) is 5.69 Å². The Kier molecular flexibility index (Phi) is 4.14. The van der Waals surface area contributed by atoms with Gasteiger partial charge < -0.3 is 4.74 Å². The van der Waals surface area contributed by atoms with E-state index in [0.717, 1.165) is 6.21 Å². The minimum Gasteiger partial charge on any atom is -0.465 e. The van der Waals surface area contributed by atoms with Crippen LogP contribution < -0.4 is 0 Å². The Morgan fingerprint density at radius 2 is 2.38 bits per heavy atom. The van der Waals surface area contributed by atoms with Gasteiger partial charge >= 0.3 is 5.97 Å². The molecule has 6 nitrogen and oxygen atoms in total. The SMILES string of the molecule is COC(=O)C=NCc1cccc([N+](=O)[O-])c1. The Labute approximate surface area is 91.7 Å². The van der Waals surface area contributed by atoms with E-state index in [2.05, 4.69) is 9.73 Å². The summed E-state index contributed by atoms with van der Waals surface area (Å²) in [6.45, 7) is 0.205. The number of rotatable bonds is 4. The van der Waals surface area contributed by atoms with Crippen molar-refractivity contribution in [3.8, 4) is 0 Å². The number of non-ortho nitro benzene ring substituents is 1. The van der Waals surface area contributed by atoms with E-state index in [9.17, 15) is 14.9 Å². The Bertz CT molecular complexity index is 429. The zero-order valence-corrected chi connectivity index (χ0v) is 8.62. The number of methoxy groups -OCH3 is 1. The Morgan fingerprint density at radius 1 is 1.62 bits per heavy atom. The second-order valence-corrected chi connectivity index (χ2v) is 2.92. The highest BCUT2D eigenvalue weighted by atomic mass is 16.6. The number of hydrogen-bond donors (Lipinski definition) is 0. The molecule has 0 saturated carbocycles. The minimum absolute atomic E-state index is 0.00534. The second kappa shape index (κ2) is 5.59. The van der Waals surface area contributed by atoms with E-state index in [1.807, 2.05) is 0 Å². The molecule has 1 aromatic carbocycles. The highest BCUT2D eigenvalue weighted by Crippen LogP contribution is 2.13. The van der Waals surface area contributed by atoms with E-state index < -0.39 is 10.9 Å². The third kappa shape index (κ3) is 3.49. The van der Waals surface area contributed by atoms with Crippen molar-refractivity contribution in [2.75, 3.05) is 7.11 Å². The van der Waals surface area contributed by atoms with Gasteiger partial charge in [0.05, 0.1) is 18.6 Å². The quantitative estimate of drug-likeness (QED) is 0.333. The molecule has 0 heterocycles. The Balaban J connectivity index is 2.67. The maximum absolute atomic E-state index is 10.7. The molecule has 0 radical (unpaired) electrons. The van der Waals surface area contributed by atoms with Crippen molar-refractivity contribution in [3.05, 3.63) is 39.9 Å². The normalized spacial score (nSPS) is 10.3. The molecule has 0 amide bonds. The highest BCUT2D eigenvalue weighted by molar-refractivity contribution is 6.23. The number of benzene rings is 1. The van der Waals surface area contributed by atoms with Crippen molar-refractivity contribution in [3.63, 3.8) is 0 Å². The topological polar surface area (TPSA) is 81.8 Å². The van der Waals surface area contributed by atoms with Gasteiger partial charge in [0.1, 0.15) is 6.21 Å². The van der Waals surface area contributed by atoms with Crippen LogP contribution in [0.1, 0.15) is 5.56 Å². The lowest BCUT2D eigenvalue weighted by Crippen LogP contribution is -2.01. The summed E-state index contributed by atoms with van der Waals surface area (Å²) in [4.78, 5) is 24.5. The van der Waals surface area contributed by atoms with Crippen molar-refractivity contribution in [1.29, 1.82) is 0 Å². The van der Waals surface area contributed by atoms with Crippen molar-refractivity contribution >= 4 is 17.9 Å². The Morgan fingerprint density at radius 3 is 3.00 bits per heavy atom. The van der Waals surface area contributed by atoms with E-state index in [0.29, 0.717) is 5.56 Å². The molecular weight excluding hydrogens is 212 g/mol. The molecule has 0 aliphatic carbocycles. The first-order valence-corrected chi connectivity index (χ1v) is 4.44. The zero-order chi connectivity index (χ0) is 12.0. The van der Waals surface area contributed by atoms with Gasteiger partial charge in [0.2, 0.25) is 0 Å². The van der Waals surface area contributed by atoms with Crippen LogP contribution in [0.5, 0.6) is 0 Å². The summed E-state index contributed by atoms with van der Waals surface area (Å²) in [5.74, 6) is -0.551. The molecule has 1 rings (SSSR count). The van der Waals surface area contributed by atoms with E-state index in [-0.39, 0.29) is 12.2 Å². The van der Waals surface area contributed by atoms with Crippen LogP contribution in [0.3, 0.4) is 0 Å². The molecule has 0 N–H and O–H groups in total. The predicted molar refractivity (Wildman–Crippen MR) is 57.3 cm³/mol. The number of ether oxygens (including phenoxy) is 1. The second-order valence-electron chi connectivity index (χ2n) is 2.92. The van der Waals surface area contributed by atoms with Crippen LogP contribution in [0.15, 0.2) is 29.3 Å². The van der Waals surface area contributed by atoms with Gasteiger partial charge in [-0.3, -0.25) is 15.1 Å². The molecule has 16 heavy (non-hydrogen) atoms. The van der Waals surface area contributed by atoms with Gasteiger partial charge in [-0.05, 0) is 5.56 Å². The number of esters is 1. The average molecular weight is 222 g/mol. The Hall–Kier alpha value is -2.24. The maximum Gasteiger partial charge on any atom is 0.348 e. The van der Waals surface area contributed by atoms with Crippen LogP contribution in [0.25, 0.3) is 0 Å². The third-order valence-electron chi connectivity index (χ3n) is 1.79. The fraction of sp³-hybridized carbons (Fsp3) is 0.200. The van der Waals surface area contributed by atoms with Gasteiger partial charge in [-0.2, -0.15) is 0 Å². The van der Waals surface area contributed by atoms with E-state index >= 15 is 0 Å². The van der Waals surface area contributed by atoms with E-state index in [4.69, 9.17) is 0 Å². The third-order valence-corrected chi connectivity index (χ3v) is 1.79. The average Bonchev–Trinajstić information content (AvgIpc) is 2.29. The standard InChI is InChI=1S/C10H10N2O4/c1-16-10(13)7-11-6-8-3-2-4-9(5-8)12(14)15/h2-5,7H,6H2,1H3. The number of hydrogen-bond acceptors (Lipinski definition) is 5. The number of aliphatic imine (C=N–C) groups is 1. The minimum atomic E-state index is -0.551. The molecule has 6 heteroatoms. The van der Waals surface area contributed by atoms with Crippen molar-refractivity contribution in [2.45, 2.75) is 6.54 Å². The van der Waals surface area contributed by atoms with Crippen molar-refractivity contribution < 1.29 is 14.5 Å². The summed E-state index contributed by atoms with van der Waals surface area (Å²) < 4.78 is 4.35. The monoisotopic (exact) mass is 222 g/mol.